The average molecular weight is 637 g/mol. The van der Waals surface area contributed by atoms with Gasteiger partial charge in [-0.05, 0) is 74.1 Å². The highest BCUT2D eigenvalue weighted by molar-refractivity contribution is 9.10. The van der Waals surface area contributed by atoms with Gasteiger partial charge in [0.25, 0.3) is 0 Å². The summed E-state index contributed by atoms with van der Waals surface area (Å²) in [7, 11) is 1.55. The van der Waals surface area contributed by atoms with Crippen molar-refractivity contribution >= 4 is 39.6 Å². The Bertz CT molecular complexity index is 1550. The third-order valence-electron chi connectivity index (χ3n) is 7.00. The van der Waals surface area contributed by atoms with E-state index in [9.17, 15) is 14.7 Å². The number of carbonyl (C=O) groups excluding carboxylic acids is 1. The Kier molecular flexibility index (Phi) is 8.81. The van der Waals surface area contributed by atoms with Crippen molar-refractivity contribution in [3.05, 3.63) is 117 Å². The highest BCUT2D eigenvalue weighted by atomic mass is 79.9. The van der Waals surface area contributed by atoms with E-state index >= 15 is 0 Å². The molecule has 1 unspecified atom stereocenters. The Morgan fingerprint density at radius 2 is 1.61 bits per heavy atom. The zero-order valence-corrected chi connectivity index (χ0v) is 24.4. The first-order chi connectivity index (χ1) is 19.8. The van der Waals surface area contributed by atoms with Crippen molar-refractivity contribution in [1.82, 2.24) is 5.32 Å². The number of benzene rings is 4. The molecule has 4 aromatic rings. The van der Waals surface area contributed by atoms with Gasteiger partial charge in [0.15, 0.2) is 0 Å². The normalized spacial score (nSPS) is 12.7. The summed E-state index contributed by atoms with van der Waals surface area (Å²) in [4.78, 5) is 24.8. The lowest BCUT2D eigenvalue weighted by Crippen LogP contribution is -2.42. The van der Waals surface area contributed by atoms with Crippen molar-refractivity contribution in [2.75, 3.05) is 13.7 Å². The summed E-state index contributed by atoms with van der Waals surface area (Å²) in [5.41, 5.74) is 5.79. The Labute approximate surface area is 251 Å². The number of methoxy groups -OCH3 is 1. The molecule has 0 bridgehead atoms. The molecule has 7 nitrogen and oxygen atoms in total. The summed E-state index contributed by atoms with van der Waals surface area (Å²) in [6.45, 7) is 0.269. The number of carbonyl (C=O) groups is 2. The van der Waals surface area contributed by atoms with E-state index in [0.29, 0.717) is 26.6 Å². The van der Waals surface area contributed by atoms with Crippen molar-refractivity contribution in [2.24, 2.45) is 0 Å². The maximum atomic E-state index is 12.8. The molecule has 9 heteroatoms. The highest BCUT2D eigenvalue weighted by Gasteiger charge is 2.30. The Morgan fingerprint density at radius 3 is 2.24 bits per heavy atom. The molecule has 0 saturated heterocycles. The second kappa shape index (κ2) is 12.7. The molecule has 0 fully saturated rings. The summed E-state index contributed by atoms with van der Waals surface area (Å²) in [6, 6.07) is 25.4. The van der Waals surface area contributed by atoms with Crippen molar-refractivity contribution in [3.8, 4) is 22.6 Å². The van der Waals surface area contributed by atoms with Gasteiger partial charge in [0.2, 0.25) is 0 Å². The van der Waals surface area contributed by atoms with Crippen LogP contribution in [0.15, 0.2) is 89.4 Å². The zero-order valence-electron chi connectivity index (χ0n) is 22.1. The molecule has 0 radical (unpaired) electrons. The third kappa shape index (κ3) is 6.50. The van der Waals surface area contributed by atoms with Gasteiger partial charge in [0.05, 0.1) is 11.6 Å². The predicted octanol–water partition coefficient (Wildman–Crippen LogP) is 7.22. The first kappa shape index (κ1) is 28.5. The Hall–Kier alpha value is -4.01. The number of halogens is 2. The number of hydrogen-bond acceptors (Lipinski definition) is 5. The van der Waals surface area contributed by atoms with Crippen LogP contribution in [0, 0.1) is 0 Å². The van der Waals surface area contributed by atoms with E-state index in [-0.39, 0.29) is 25.6 Å². The van der Waals surface area contributed by atoms with Gasteiger partial charge in [-0.1, -0.05) is 66.2 Å². The number of rotatable bonds is 10. The van der Waals surface area contributed by atoms with Crippen LogP contribution in [0.3, 0.4) is 0 Å². The lowest BCUT2D eigenvalue weighted by atomic mass is 9.98. The smallest absolute Gasteiger partial charge is 0.407 e. The van der Waals surface area contributed by atoms with E-state index < -0.39 is 18.1 Å². The van der Waals surface area contributed by atoms with E-state index in [0.717, 1.165) is 27.8 Å². The summed E-state index contributed by atoms with van der Waals surface area (Å²) < 4.78 is 17.7. The first-order valence-corrected chi connectivity index (χ1v) is 14.1. The van der Waals surface area contributed by atoms with Crippen LogP contribution >= 0.6 is 27.5 Å². The summed E-state index contributed by atoms with van der Waals surface area (Å²) in [5.74, 6) is -0.101. The summed E-state index contributed by atoms with van der Waals surface area (Å²) in [5, 5.41) is 13.0. The number of nitrogens with one attached hydrogen (secondary N) is 1. The number of fused-ring (bicyclic) bond motifs is 3. The Balaban J connectivity index is 1.24. The molecule has 1 aliphatic carbocycles. The van der Waals surface area contributed by atoms with Crippen LogP contribution in [-0.4, -0.2) is 36.9 Å². The van der Waals surface area contributed by atoms with E-state index in [1.54, 1.807) is 43.5 Å². The van der Waals surface area contributed by atoms with Gasteiger partial charge in [0.1, 0.15) is 30.8 Å². The van der Waals surface area contributed by atoms with Crippen molar-refractivity contribution < 1.29 is 28.9 Å². The molecule has 0 aromatic heterocycles. The molecule has 210 valence electrons. The van der Waals surface area contributed by atoms with Crippen LogP contribution in [0.4, 0.5) is 4.79 Å². The van der Waals surface area contributed by atoms with E-state index in [1.807, 2.05) is 36.4 Å². The highest BCUT2D eigenvalue weighted by Crippen LogP contribution is 2.44. The molecule has 2 N–H and O–H groups in total. The van der Waals surface area contributed by atoms with Gasteiger partial charge < -0.3 is 24.6 Å². The number of alkyl carbamates (subject to hydrolysis) is 1. The molecule has 1 atom stereocenters. The van der Waals surface area contributed by atoms with Gasteiger partial charge in [-0.3, -0.25) is 0 Å². The second-order valence-corrected chi connectivity index (χ2v) is 10.9. The molecular weight excluding hydrogens is 610 g/mol. The van der Waals surface area contributed by atoms with Gasteiger partial charge in [-0.2, -0.15) is 0 Å². The first-order valence-electron chi connectivity index (χ1n) is 12.9. The van der Waals surface area contributed by atoms with Crippen molar-refractivity contribution in [2.45, 2.75) is 25.0 Å². The lowest BCUT2D eigenvalue weighted by molar-refractivity contribution is -0.139. The van der Waals surface area contributed by atoms with E-state index in [4.69, 9.17) is 25.8 Å². The molecule has 5 rings (SSSR count). The van der Waals surface area contributed by atoms with Gasteiger partial charge in [0, 0.05) is 22.9 Å². The second-order valence-electron chi connectivity index (χ2n) is 9.57. The molecule has 1 amide bonds. The molecule has 4 aromatic carbocycles. The monoisotopic (exact) mass is 635 g/mol. The van der Waals surface area contributed by atoms with Crippen LogP contribution in [-0.2, 0) is 22.6 Å². The minimum Gasteiger partial charge on any atom is -0.496 e. The van der Waals surface area contributed by atoms with Crippen LogP contribution < -0.4 is 14.8 Å². The maximum Gasteiger partial charge on any atom is 0.407 e. The van der Waals surface area contributed by atoms with Gasteiger partial charge in [-0.25, -0.2) is 9.59 Å². The van der Waals surface area contributed by atoms with Gasteiger partial charge >= 0.3 is 12.1 Å². The number of amides is 1. The third-order valence-corrected chi connectivity index (χ3v) is 7.85. The molecular formula is C32H27BrClNO6. The lowest BCUT2D eigenvalue weighted by Gasteiger charge is -2.18. The molecule has 0 spiro atoms. The van der Waals surface area contributed by atoms with Gasteiger partial charge in [-0.15, -0.1) is 0 Å². The standard InChI is InChI=1S/C32H27BrClNO6/c1-39-29-12-10-19(14-20(29)17-40-30-13-11-21(34)16-27(30)33)15-28(31(36)37)35-32(38)41-18-26-24-8-4-2-6-22(24)23-7-3-5-9-25(23)26/h2-14,16,26,28H,15,17-18H2,1H3,(H,35,38)(H,36,37). The molecule has 41 heavy (non-hydrogen) atoms. The van der Waals surface area contributed by atoms with Crippen LogP contribution in [0.5, 0.6) is 11.5 Å². The fourth-order valence-electron chi connectivity index (χ4n) is 5.04. The quantitative estimate of drug-likeness (QED) is 0.191. The molecule has 0 heterocycles. The molecule has 0 aliphatic heterocycles. The number of carboxylic acid groups (broad SMARTS) is 1. The fraction of sp³-hybridized carbons (Fsp3) is 0.188. The van der Waals surface area contributed by atoms with Crippen LogP contribution in [0.1, 0.15) is 28.2 Å². The minimum absolute atomic E-state index is 0.0428. The largest absolute Gasteiger partial charge is 0.496 e. The van der Waals surface area contributed by atoms with Crippen molar-refractivity contribution in [1.29, 1.82) is 0 Å². The SMILES string of the molecule is COc1ccc(CC(NC(=O)OCC2c3ccccc3-c3ccccc32)C(=O)O)cc1COc1ccc(Cl)cc1Br. The van der Waals surface area contributed by atoms with Crippen molar-refractivity contribution in [3.63, 3.8) is 0 Å². The number of aliphatic carboxylic acids is 1. The molecule has 0 saturated carbocycles. The zero-order chi connectivity index (χ0) is 28.9. The number of ether oxygens (including phenoxy) is 3. The number of hydrogen-bond donors (Lipinski definition) is 2. The fourth-order valence-corrected chi connectivity index (χ4v) is 5.83. The summed E-state index contributed by atoms with van der Waals surface area (Å²) >= 11 is 9.45. The van der Waals surface area contributed by atoms with Crippen LogP contribution in [0.25, 0.3) is 11.1 Å². The maximum absolute atomic E-state index is 12.8. The topological polar surface area (TPSA) is 94.1 Å². The van der Waals surface area contributed by atoms with E-state index in [1.165, 1.54) is 0 Å². The van der Waals surface area contributed by atoms with Crippen LogP contribution in [0.2, 0.25) is 5.02 Å². The number of carboxylic acids is 1. The minimum atomic E-state index is -1.20. The predicted molar refractivity (Wildman–Crippen MR) is 160 cm³/mol. The summed E-state index contributed by atoms with van der Waals surface area (Å²) in [6.07, 6.45) is -0.745. The Morgan fingerprint density at radius 1 is 0.951 bits per heavy atom. The average Bonchev–Trinajstić information content (AvgIpc) is 3.29. The molecule has 1 aliphatic rings. The van der Waals surface area contributed by atoms with E-state index in [2.05, 4.69) is 33.4 Å².